The van der Waals surface area contributed by atoms with Gasteiger partial charge in [0.1, 0.15) is 23.0 Å². The molecule has 2 heterocycles. The van der Waals surface area contributed by atoms with Crippen molar-refractivity contribution in [2.45, 2.75) is 13.8 Å². The first-order valence-corrected chi connectivity index (χ1v) is 16.2. The quantitative estimate of drug-likeness (QED) is 0.187. The predicted octanol–water partition coefficient (Wildman–Crippen LogP) is 9.70. The van der Waals surface area contributed by atoms with E-state index in [0.29, 0.717) is 0 Å². The smallest absolute Gasteiger partial charge is 0.260 e. The zero-order valence-electron chi connectivity index (χ0n) is 26.3. The van der Waals surface area contributed by atoms with Crippen molar-refractivity contribution < 1.29 is 9.47 Å². The molecule has 0 saturated carbocycles. The Morgan fingerprint density at radius 2 is 0.894 bits per heavy atom. The maximum absolute atomic E-state index is 7.06. The minimum absolute atomic E-state index is 0.0605. The van der Waals surface area contributed by atoms with E-state index in [9.17, 15) is 0 Å². The zero-order chi connectivity index (χ0) is 31.5. The number of fused-ring (bicyclic) bond motifs is 4. The monoisotopic (exact) mass is 602 g/mol. The highest BCUT2D eigenvalue weighted by atomic mass is 16.5. The van der Waals surface area contributed by atoms with Crippen LogP contribution in [0.4, 0.5) is 0 Å². The second kappa shape index (κ2) is 10.9. The largest absolute Gasteiger partial charge is 0.458 e. The van der Waals surface area contributed by atoms with Gasteiger partial charge >= 0.3 is 0 Å². The van der Waals surface area contributed by atoms with Crippen LogP contribution in [0.1, 0.15) is 11.1 Å². The van der Waals surface area contributed by atoms with Crippen molar-refractivity contribution in [3.05, 3.63) is 163 Å². The van der Waals surface area contributed by atoms with Crippen LogP contribution >= 0.6 is 0 Å². The molecule has 0 radical (unpaired) electrons. The lowest BCUT2D eigenvalue weighted by atomic mass is 9.34. The summed E-state index contributed by atoms with van der Waals surface area (Å²) in [6.45, 7) is 4.27. The third kappa shape index (κ3) is 4.50. The first-order chi connectivity index (χ1) is 23.1. The average Bonchev–Trinajstić information content (AvgIpc) is 3.12. The topological polar surface area (TPSA) is 18.5 Å². The molecule has 0 unspecified atom stereocenters. The molecule has 0 spiro atoms. The highest BCUT2D eigenvalue weighted by Crippen LogP contribution is 2.47. The fourth-order valence-corrected chi connectivity index (χ4v) is 7.35. The Morgan fingerprint density at radius 3 is 1.53 bits per heavy atom. The number of benzene rings is 7. The molecule has 0 amide bonds. The number of hydrogen-bond donors (Lipinski definition) is 0. The minimum Gasteiger partial charge on any atom is -0.458 e. The minimum atomic E-state index is -0.0605. The molecule has 9 rings (SSSR count). The van der Waals surface area contributed by atoms with Gasteiger partial charge in [-0.05, 0) is 87.5 Å². The van der Waals surface area contributed by atoms with E-state index in [2.05, 4.69) is 166 Å². The van der Waals surface area contributed by atoms with Gasteiger partial charge in [0.15, 0.2) is 0 Å². The van der Waals surface area contributed by atoms with Gasteiger partial charge in [0.25, 0.3) is 6.71 Å². The van der Waals surface area contributed by atoms with Crippen LogP contribution < -0.4 is 25.9 Å². The second-order valence-electron chi connectivity index (χ2n) is 12.5. The molecule has 222 valence electrons. The summed E-state index contributed by atoms with van der Waals surface area (Å²) in [5.74, 6) is 3.49. The van der Waals surface area contributed by atoms with Gasteiger partial charge in [-0.25, -0.2) is 0 Å². The molecule has 0 N–H and O–H groups in total. The standard InChI is InChI=1S/C44H31BO2/c1-28-13-9-11-19-34(28)33-22-24-39-41(26-33)46-43-36(31-17-7-4-8-18-31)27-37(35-20-12-10-14-29(35)2)44-42(43)45(39)38-23-21-32(25-40(38)47-44)30-15-5-3-6-16-30/h3-27H,1-2H3. The Balaban J connectivity index is 1.34. The Hall–Kier alpha value is -5.80. The molecule has 0 aromatic heterocycles. The van der Waals surface area contributed by atoms with Gasteiger partial charge in [-0.3, -0.25) is 0 Å². The van der Waals surface area contributed by atoms with Crippen molar-refractivity contribution in [2.24, 2.45) is 0 Å². The highest BCUT2D eigenvalue weighted by Gasteiger charge is 2.43. The molecule has 0 aliphatic carbocycles. The lowest BCUT2D eigenvalue weighted by Gasteiger charge is -2.36. The second-order valence-corrected chi connectivity index (χ2v) is 12.5. The van der Waals surface area contributed by atoms with E-state index in [-0.39, 0.29) is 6.71 Å². The SMILES string of the molecule is Cc1ccccc1-c1ccc2c(c1)Oc1c(-c3ccccc3)cc(-c3ccccc3C)c3c1B2c1ccc(-c2ccccc2)cc1O3. The first kappa shape index (κ1) is 27.5. The number of ether oxygens (including phenoxy) is 2. The van der Waals surface area contributed by atoms with E-state index < -0.39 is 0 Å². The normalized spacial score (nSPS) is 12.3. The third-order valence-corrected chi connectivity index (χ3v) is 9.71. The van der Waals surface area contributed by atoms with Gasteiger partial charge in [-0.15, -0.1) is 0 Å². The lowest BCUT2D eigenvalue weighted by molar-refractivity contribution is 0.467. The number of rotatable bonds is 4. The summed E-state index contributed by atoms with van der Waals surface area (Å²) in [6, 6.07) is 53.9. The molecule has 47 heavy (non-hydrogen) atoms. The molecule has 3 heteroatoms. The third-order valence-electron chi connectivity index (χ3n) is 9.71. The summed E-state index contributed by atoms with van der Waals surface area (Å²) in [5.41, 5.74) is 14.9. The molecule has 2 aliphatic heterocycles. The Labute approximate surface area is 276 Å². The summed E-state index contributed by atoms with van der Waals surface area (Å²) >= 11 is 0. The van der Waals surface area contributed by atoms with Crippen molar-refractivity contribution in [1.82, 2.24) is 0 Å². The van der Waals surface area contributed by atoms with E-state index in [4.69, 9.17) is 9.47 Å². The van der Waals surface area contributed by atoms with Gasteiger partial charge in [-0.2, -0.15) is 0 Å². The van der Waals surface area contributed by atoms with Gasteiger partial charge in [0, 0.05) is 16.6 Å². The molecule has 0 bridgehead atoms. The molecule has 0 atom stereocenters. The number of aryl methyl sites for hydroxylation is 2. The van der Waals surface area contributed by atoms with E-state index in [1.165, 1.54) is 22.3 Å². The Morgan fingerprint density at radius 1 is 0.383 bits per heavy atom. The van der Waals surface area contributed by atoms with Gasteiger partial charge in [0.2, 0.25) is 0 Å². The van der Waals surface area contributed by atoms with E-state index in [0.717, 1.165) is 72.8 Å². The van der Waals surface area contributed by atoms with Crippen LogP contribution in [0.15, 0.2) is 152 Å². The van der Waals surface area contributed by atoms with Gasteiger partial charge in [0.05, 0.1) is 0 Å². The fraction of sp³-hybridized carbons (Fsp3) is 0.0455. The summed E-state index contributed by atoms with van der Waals surface area (Å²) < 4.78 is 14.1. The highest BCUT2D eigenvalue weighted by molar-refractivity contribution is 6.98. The van der Waals surface area contributed by atoms with E-state index in [1.807, 2.05) is 0 Å². The fourth-order valence-electron chi connectivity index (χ4n) is 7.35. The summed E-state index contributed by atoms with van der Waals surface area (Å²) in [5, 5.41) is 0. The van der Waals surface area contributed by atoms with Crippen molar-refractivity contribution >= 4 is 23.1 Å². The molecular formula is C44H31BO2. The summed E-state index contributed by atoms with van der Waals surface area (Å²) in [7, 11) is 0. The van der Waals surface area contributed by atoms with Crippen LogP contribution in [-0.2, 0) is 0 Å². The summed E-state index contributed by atoms with van der Waals surface area (Å²) in [4.78, 5) is 0. The van der Waals surface area contributed by atoms with Crippen LogP contribution in [0, 0.1) is 13.8 Å². The predicted molar refractivity (Wildman–Crippen MR) is 195 cm³/mol. The molecule has 7 aromatic carbocycles. The maximum Gasteiger partial charge on any atom is 0.260 e. The lowest BCUT2D eigenvalue weighted by Crippen LogP contribution is -2.57. The Kier molecular flexibility index (Phi) is 6.40. The molecule has 2 aliphatic rings. The van der Waals surface area contributed by atoms with E-state index in [1.54, 1.807) is 0 Å². The average molecular weight is 603 g/mol. The van der Waals surface area contributed by atoms with E-state index >= 15 is 0 Å². The molecule has 0 fully saturated rings. The first-order valence-electron chi connectivity index (χ1n) is 16.2. The van der Waals surface area contributed by atoms with Crippen LogP contribution in [0.25, 0.3) is 44.5 Å². The van der Waals surface area contributed by atoms with Crippen molar-refractivity contribution in [3.8, 4) is 67.5 Å². The maximum atomic E-state index is 7.06. The molecular weight excluding hydrogens is 571 g/mol. The van der Waals surface area contributed by atoms with Gasteiger partial charge < -0.3 is 9.47 Å². The van der Waals surface area contributed by atoms with Crippen LogP contribution in [0.5, 0.6) is 23.0 Å². The molecule has 7 aromatic rings. The van der Waals surface area contributed by atoms with Crippen molar-refractivity contribution in [3.63, 3.8) is 0 Å². The molecule has 2 nitrogen and oxygen atoms in total. The molecule has 0 saturated heterocycles. The van der Waals surface area contributed by atoms with Crippen molar-refractivity contribution in [2.75, 3.05) is 0 Å². The Bertz CT molecular complexity index is 2330. The summed E-state index contributed by atoms with van der Waals surface area (Å²) in [6.07, 6.45) is 0. The van der Waals surface area contributed by atoms with Crippen LogP contribution in [-0.4, -0.2) is 6.71 Å². The van der Waals surface area contributed by atoms with Crippen LogP contribution in [0.3, 0.4) is 0 Å². The van der Waals surface area contributed by atoms with Crippen molar-refractivity contribution in [1.29, 1.82) is 0 Å². The number of hydrogen-bond acceptors (Lipinski definition) is 2. The van der Waals surface area contributed by atoms with Gasteiger partial charge in [-0.1, -0.05) is 133 Å². The van der Waals surface area contributed by atoms with Crippen LogP contribution in [0.2, 0.25) is 0 Å². The zero-order valence-corrected chi connectivity index (χ0v) is 26.3.